The summed E-state index contributed by atoms with van der Waals surface area (Å²) in [5, 5.41) is 0. The summed E-state index contributed by atoms with van der Waals surface area (Å²) >= 11 is 0. The van der Waals surface area contributed by atoms with Gasteiger partial charge in [-0.05, 0) is 38.3 Å². The summed E-state index contributed by atoms with van der Waals surface area (Å²) in [6, 6.07) is 7.30. The van der Waals surface area contributed by atoms with Gasteiger partial charge < -0.3 is 9.30 Å². The monoisotopic (exact) mass is 370 g/mol. The summed E-state index contributed by atoms with van der Waals surface area (Å²) in [5.74, 6) is 0.927. The van der Waals surface area contributed by atoms with Gasteiger partial charge in [0.1, 0.15) is 5.75 Å². The van der Waals surface area contributed by atoms with Crippen LogP contribution in [0.5, 0.6) is 5.75 Å². The molecule has 0 unspecified atom stereocenters. The first kappa shape index (κ1) is 18.9. The highest BCUT2D eigenvalue weighted by atomic mass is 16.5. The van der Waals surface area contributed by atoms with E-state index in [0.717, 1.165) is 6.42 Å². The topological polar surface area (TPSA) is 71.1 Å². The first-order valence-corrected chi connectivity index (χ1v) is 9.22. The SMILES string of the molecule is COc1ccccc1-n1c(=O)n(CCC(C)C)c(=O)c2c1ncn2C(C)C. The second-order valence-corrected chi connectivity index (χ2v) is 7.35. The molecular formula is C20H26N4O3. The zero-order valence-corrected chi connectivity index (χ0v) is 16.5. The molecule has 3 aromatic rings. The Balaban J connectivity index is 2.42. The number of rotatable bonds is 6. The van der Waals surface area contributed by atoms with Crippen LogP contribution in [0.4, 0.5) is 0 Å². The highest BCUT2D eigenvalue weighted by Gasteiger charge is 2.21. The molecule has 0 spiro atoms. The second kappa shape index (κ2) is 7.42. The lowest BCUT2D eigenvalue weighted by Crippen LogP contribution is -2.40. The van der Waals surface area contributed by atoms with Crippen LogP contribution in [0.2, 0.25) is 0 Å². The Morgan fingerprint density at radius 3 is 2.44 bits per heavy atom. The van der Waals surface area contributed by atoms with Crippen LogP contribution in [0.15, 0.2) is 40.2 Å². The zero-order valence-electron chi connectivity index (χ0n) is 16.5. The average Bonchev–Trinajstić information content (AvgIpc) is 3.07. The van der Waals surface area contributed by atoms with Gasteiger partial charge in [-0.2, -0.15) is 0 Å². The van der Waals surface area contributed by atoms with Gasteiger partial charge in [-0.25, -0.2) is 14.3 Å². The van der Waals surface area contributed by atoms with Gasteiger partial charge in [-0.3, -0.25) is 9.36 Å². The lowest BCUT2D eigenvalue weighted by Gasteiger charge is -2.16. The number of hydrogen-bond acceptors (Lipinski definition) is 4. The lowest BCUT2D eigenvalue weighted by molar-refractivity contribution is 0.412. The van der Waals surface area contributed by atoms with E-state index in [-0.39, 0.29) is 11.6 Å². The van der Waals surface area contributed by atoms with E-state index in [2.05, 4.69) is 18.8 Å². The molecule has 0 fully saturated rings. The van der Waals surface area contributed by atoms with E-state index in [9.17, 15) is 9.59 Å². The third-order valence-corrected chi connectivity index (χ3v) is 4.67. The molecule has 0 aliphatic rings. The molecule has 0 aliphatic carbocycles. The molecule has 0 saturated heterocycles. The van der Waals surface area contributed by atoms with Crippen LogP contribution in [0.1, 0.15) is 40.2 Å². The maximum atomic E-state index is 13.3. The van der Waals surface area contributed by atoms with Crippen molar-refractivity contribution in [1.29, 1.82) is 0 Å². The van der Waals surface area contributed by atoms with Gasteiger partial charge >= 0.3 is 5.69 Å². The summed E-state index contributed by atoms with van der Waals surface area (Å²) in [6.45, 7) is 8.47. The third-order valence-electron chi connectivity index (χ3n) is 4.67. The van der Waals surface area contributed by atoms with Crippen molar-refractivity contribution in [2.75, 3.05) is 7.11 Å². The van der Waals surface area contributed by atoms with Crippen molar-refractivity contribution >= 4 is 11.2 Å². The molecule has 0 amide bonds. The summed E-state index contributed by atoms with van der Waals surface area (Å²) < 4.78 is 10.1. The van der Waals surface area contributed by atoms with Gasteiger partial charge in [-0.1, -0.05) is 26.0 Å². The van der Waals surface area contributed by atoms with Crippen LogP contribution >= 0.6 is 0 Å². The van der Waals surface area contributed by atoms with E-state index in [4.69, 9.17) is 4.74 Å². The van der Waals surface area contributed by atoms with Crippen molar-refractivity contribution in [3.8, 4) is 11.4 Å². The van der Waals surface area contributed by atoms with Crippen LogP contribution in [0.3, 0.4) is 0 Å². The van der Waals surface area contributed by atoms with Crippen molar-refractivity contribution in [1.82, 2.24) is 18.7 Å². The van der Waals surface area contributed by atoms with Crippen molar-refractivity contribution in [2.24, 2.45) is 5.92 Å². The molecule has 2 aromatic heterocycles. The molecule has 2 heterocycles. The van der Waals surface area contributed by atoms with Gasteiger partial charge in [0.15, 0.2) is 11.2 Å². The Morgan fingerprint density at radius 1 is 1.11 bits per heavy atom. The molecule has 1 aromatic carbocycles. The van der Waals surface area contributed by atoms with Crippen molar-refractivity contribution < 1.29 is 4.74 Å². The maximum absolute atomic E-state index is 13.3. The summed E-state index contributed by atoms with van der Waals surface area (Å²) in [5.41, 5.74) is 0.658. The predicted octanol–water partition coefficient (Wildman–Crippen LogP) is 2.98. The number of ether oxygens (including phenoxy) is 1. The minimum atomic E-state index is -0.397. The Morgan fingerprint density at radius 2 is 1.81 bits per heavy atom. The van der Waals surface area contributed by atoms with Crippen LogP contribution in [-0.2, 0) is 6.54 Å². The molecule has 0 atom stereocenters. The number of aromatic nitrogens is 4. The fourth-order valence-corrected chi connectivity index (χ4v) is 3.15. The number of nitrogens with zero attached hydrogens (tertiary/aromatic N) is 4. The van der Waals surface area contributed by atoms with E-state index in [1.165, 1.54) is 9.13 Å². The number of hydrogen-bond donors (Lipinski definition) is 0. The minimum absolute atomic E-state index is 0.0462. The minimum Gasteiger partial charge on any atom is -0.495 e. The number of para-hydroxylation sites is 2. The molecule has 0 N–H and O–H groups in total. The largest absolute Gasteiger partial charge is 0.495 e. The Bertz CT molecular complexity index is 1070. The van der Waals surface area contributed by atoms with Crippen LogP contribution in [0, 0.1) is 5.92 Å². The van der Waals surface area contributed by atoms with E-state index < -0.39 is 5.69 Å². The van der Waals surface area contributed by atoms with Gasteiger partial charge in [0.25, 0.3) is 5.56 Å². The standard InChI is InChI=1S/C20H26N4O3/c1-13(2)10-11-22-19(25)17-18(21-12-23(17)14(3)4)24(20(22)26)15-8-6-7-9-16(15)27-5/h6-9,12-14H,10-11H2,1-5H3. The van der Waals surface area contributed by atoms with Gasteiger partial charge in [-0.15, -0.1) is 0 Å². The molecular weight excluding hydrogens is 344 g/mol. The zero-order chi connectivity index (χ0) is 19.7. The average molecular weight is 370 g/mol. The van der Waals surface area contributed by atoms with E-state index in [0.29, 0.717) is 35.1 Å². The summed E-state index contributed by atoms with van der Waals surface area (Å²) in [4.78, 5) is 30.8. The fourth-order valence-electron chi connectivity index (χ4n) is 3.15. The number of benzene rings is 1. The Kier molecular flexibility index (Phi) is 5.21. The van der Waals surface area contributed by atoms with Crippen LogP contribution in [-0.4, -0.2) is 25.8 Å². The first-order chi connectivity index (χ1) is 12.9. The van der Waals surface area contributed by atoms with Crippen LogP contribution < -0.4 is 16.0 Å². The molecule has 3 rings (SSSR count). The van der Waals surface area contributed by atoms with Crippen molar-refractivity contribution in [3.05, 3.63) is 51.4 Å². The molecule has 0 aliphatic heterocycles. The van der Waals surface area contributed by atoms with Gasteiger partial charge in [0.05, 0.1) is 19.1 Å². The number of methoxy groups -OCH3 is 1. The molecule has 0 saturated carbocycles. The highest BCUT2D eigenvalue weighted by molar-refractivity contribution is 5.73. The summed E-state index contributed by atoms with van der Waals surface area (Å²) in [7, 11) is 1.56. The van der Waals surface area contributed by atoms with Gasteiger partial charge in [0.2, 0.25) is 0 Å². The van der Waals surface area contributed by atoms with Crippen molar-refractivity contribution in [2.45, 2.75) is 46.7 Å². The molecule has 0 bridgehead atoms. The molecule has 7 heteroatoms. The molecule has 7 nitrogen and oxygen atoms in total. The third kappa shape index (κ3) is 3.29. The second-order valence-electron chi connectivity index (χ2n) is 7.35. The molecule has 144 valence electrons. The molecule has 27 heavy (non-hydrogen) atoms. The summed E-state index contributed by atoms with van der Waals surface area (Å²) in [6.07, 6.45) is 2.36. The molecule has 0 radical (unpaired) electrons. The Labute approximate surface area is 157 Å². The fraction of sp³-hybridized carbons (Fsp3) is 0.450. The van der Waals surface area contributed by atoms with E-state index >= 15 is 0 Å². The van der Waals surface area contributed by atoms with Gasteiger partial charge in [0, 0.05) is 12.6 Å². The van der Waals surface area contributed by atoms with Crippen molar-refractivity contribution in [3.63, 3.8) is 0 Å². The number of fused-ring (bicyclic) bond motifs is 1. The first-order valence-electron chi connectivity index (χ1n) is 9.22. The van der Waals surface area contributed by atoms with E-state index in [1.807, 2.05) is 30.5 Å². The maximum Gasteiger partial charge on any atom is 0.337 e. The lowest BCUT2D eigenvalue weighted by atomic mass is 10.1. The van der Waals surface area contributed by atoms with Crippen LogP contribution in [0.25, 0.3) is 16.9 Å². The quantitative estimate of drug-likeness (QED) is 0.669. The van der Waals surface area contributed by atoms with E-state index in [1.54, 1.807) is 25.6 Å². The predicted molar refractivity (Wildman–Crippen MR) is 106 cm³/mol. The normalized spacial score (nSPS) is 11.7. The smallest absolute Gasteiger partial charge is 0.337 e. The number of imidazole rings is 1. The Hall–Kier alpha value is -2.83. The highest BCUT2D eigenvalue weighted by Crippen LogP contribution is 2.24.